The summed E-state index contributed by atoms with van der Waals surface area (Å²) in [5.41, 5.74) is 1.55. The largest absolute Gasteiger partial charge is 0.316 e. The van der Waals surface area contributed by atoms with Gasteiger partial charge in [0.2, 0.25) is 0 Å². The number of hydrogen-bond acceptors (Lipinski definition) is 3. The van der Waals surface area contributed by atoms with Gasteiger partial charge in [-0.05, 0) is 70.8 Å². The molecule has 1 aromatic rings. The Morgan fingerprint density at radius 3 is 2.89 bits per heavy atom. The van der Waals surface area contributed by atoms with E-state index in [-0.39, 0.29) is 0 Å². The number of likely N-dealkylation sites (tertiary alicyclic amines) is 1. The van der Waals surface area contributed by atoms with Crippen LogP contribution in [-0.4, -0.2) is 31.1 Å². The number of hydrogen-bond donors (Lipinski definition) is 1. The van der Waals surface area contributed by atoms with E-state index in [0.717, 1.165) is 12.5 Å². The predicted octanol–water partition coefficient (Wildman–Crippen LogP) is 3.75. The van der Waals surface area contributed by atoms with Crippen LogP contribution in [0.3, 0.4) is 0 Å². The fourth-order valence-corrected chi connectivity index (χ4v) is 4.14. The molecule has 1 aliphatic rings. The molecule has 2 nitrogen and oxygen atoms in total. The van der Waals surface area contributed by atoms with E-state index >= 15 is 0 Å². The van der Waals surface area contributed by atoms with Gasteiger partial charge in [0.05, 0.1) is 0 Å². The van der Waals surface area contributed by atoms with Crippen LogP contribution in [0, 0.1) is 19.8 Å². The first-order chi connectivity index (χ1) is 9.11. The molecule has 2 heterocycles. The average molecular weight is 280 g/mol. The molecule has 3 heteroatoms. The molecule has 0 radical (unpaired) electrons. The topological polar surface area (TPSA) is 15.3 Å². The zero-order chi connectivity index (χ0) is 13.8. The number of thiophene rings is 1. The van der Waals surface area contributed by atoms with Crippen molar-refractivity contribution in [1.29, 1.82) is 0 Å². The molecule has 0 amide bonds. The van der Waals surface area contributed by atoms with Crippen LogP contribution in [0.4, 0.5) is 0 Å². The number of nitrogens with one attached hydrogen (secondary N) is 1. The lowest BCUT2D eigenvalue weighted by Crippen LogP contribution is -2.28. The fourth-order valence-electron chi connectivity index (χ4n) is 3.13. The Bertz CT molecular complexity index is 399. The molecule has 0 saturated carbocycles. The third-order valence-corrected chi connectivity index (χ3v) is 5.24. The van der Waals surface area contributed by atoms with Crippen molar-refractivity contribution in [2.75, 3.05) is 26.2 Å². The van der Waals surface area contributed by atoms with Gasteiger partial charge in [-0.15, -0.1) is 11.3 Å². The van der Waals surface area contributed by atoms with Gasteiger partial charge >= 0.3 is 0 Å². The minimum absolute atomic E-state index is 0.584. The van der Waals surface area contributed by atoms with Crippen LogP contribution in [0.15, 0.2) is 6.07 Å². The quantitative estimate of drug-likeness (QED) is 0.798. The van der Waals surface area contributed by atoms with Crippen molar-refractivity contribution in [3.63, 3.8) is 0 Å². The molecule has 19 heavy (non-hydrogen) atoms. The second-order valence-corrected chi connectivity index (χ2v) is 7.36. The Balaban J connectivity index is 1.88. The van der Waals surface area contributed by atoms with E-state index in [1.807, 2.05) is 11.3 Å². The molecule has 2 rings (SSSR count). The maximum atomic E-state index is 3.57. The van der Waals surface area contributed by atoms with Crippen LogP contribution in [0.2, 0.25) is 0 Å². The van der Waals surface area contributed by atoms with Gasteiger partial charge in [0.15, 0.2) is 0 Å². The molecule has 0 aromatic carbocycles. The van der Waals surface area contributed by atoms with Crippen molar-refractivity contribution in [2.45, 2.75) is 46.6 Å². The summed E-state index contributed by atoms with van der Waals surface area (Å²) < 4.78 is 0. The summed E-state index contributed by atoms with van der Waals surface area (Å²) >= 11 is 1.93. The van der Waals surface area contributed by atoms with E-state index in [1.165, 1.54) is 42.2 Å². The van der Waals surface area contributed by atoms with Gasteiger partial charge in [0.25, 0.3) is 0 Å². The number of rotatable bonds is 6. The van der Waals surface area contributed by atoms with Gasteiger partial charge in [-0.25, -0.2) is 0 Å². The first kappa shape index (κ1) is 15.0. The minimum atomic E-state index is 0.584. The predicted molar refractivity (Wildman–Crippen MR) is 85.0 cm³/mol. The van der Waals surface area contributed by atoms with E-state index in [4.69, 9.17) is 0 Å². The highest BCUT2D eigenvalue weighted by Crippen LogP contribution is 2.32. The van der Waals surface area contributed by atoms with E-state index in [1.54, 1.807) is 5.56 Å². The first-order valence-corrected chi connectivity index (χ1v) is 8.45. The maximum absolute atomic E-state index is 3.57. The Kier molecular flexibility index (Phi) is 5.43. The third kappa shape index (κ3) is 3.80. The van der Waals surface area contributed by atoms with Crippen LogP contribution in [0.1, 0.15) is 48.0 Å². The molecule has 1 saturated heterocycles. The molecule has 0 bridgehead atoms. The van der Waals surface area contributed by atoms with Crippen LogP contribution in [0.25, 0.3) is 0 Å². The lowest BCUT2D eigenvalue weighted by Gasteiger charge is -2.24. The summed E-state index contributed by atoms with van der Waals surface area (Å²) in [6.45, 7) is 14.0. The minimum Gasteiger partial charge on any atom is -0.316 e. The van der Waals surface area contributed by atoms with E-state index in [2.05, 4.69) is 44.0 Å². The fraction of sp³-hybridized carbons (Fsp3) is 0.750. The SMILES string of the molecule is CCCNCC1CCN(C(C)c2cc(C)sc2C)C1. The zero-order valence-corrected chi connectivity index (χ0v) is 13.6. The van der Waals surface area contributed by atoms with Crippen LogP contribution >= 0.6 is 11.3 Å². The Morgan fingerprint density at radius 2 is 2.26 bits per heavy atom. The van der Waals surface area contributed by atoms with Gasteiger partial charge in [0.1, 0.15) is 0 Å². The highest BCUT2D eigenvalue weighted by Gasteiger charge is 2.27. The molecule has 0 aliphatic carbocycles. The average Bonchev–Trinajstić information content (AvgIpc) is 2.96. The molecule has 1 aliphatic heterocycles. The summed E-state index contributed by atoms with van der Waals surface area (Å²) in [7, 11) is 0. The normalized spacial score (nSPS) is 22.0. The van der Waals surface area contributed by atoms with E-state index < -0.39 is 0 Å². The van der Waals surface area contributed by atoms with Gasteiger partial charge in [-0.1, -0.05) is 6.92 Å². The summed E-state index contributed by atoms with van der Waals surface area (Å²) in [5, 5.41) is 3.57. The van der Waals surface area contributed by atoms with Crippen LogP contribution in [0.5, 0.6) is 0 Å². The Labute approximate surface area is 122 Å². The zero-order valence-electron chi connectivity index (χ0n) is 12.8. The molecule has 1 N–H and O–H groups in total. The molecule has 108 valence electrons. The van der Waals surface area contributed by atoms with Gasteiger partial charge in [-0.2, -0.15) is 0 Å². The molecule has 1 aromatic heterocycles. The molecule has 2 unspecified atom stereocenters. The van der Waals surface area contributed by atoms with Crippen molar-refractivity contribution in [2.24, 2.45) is 5.92 Å². The second kappa shape index (κ2) is 6.87. The van der Waals surface area contributed by atoms with Crippen molar-refractivity contribution < 1.29 is 0 Å². The van der Waals surface area contributed by atoms with Crippen LogP contribution in [-0.2, 0) is 0 Å². The van der Waals surface area contributed by atoms with Crippen LogP contribution < -0.4 is 5.32 Å². The smallest absolute Gasteiger partial charge is 0.0331 e. The molecule has 2 atom stereocenters. The first-order valence-electron chi connectivity index (χ1n) is 7.63. The summed E-state index contributed by atoms with van der Waals surface area (Å²) in [6, 6.07) is 2.97. The molecule has 1 fully saturated rings. The van der Waals surface area contributed by atoms with Crippen molar-refractivity contribution in [1.82, 2.24) is 10.2 Å². The summed E-state index contributed by atoms with van der Waals surface area (Å²) in [6.07, 6.45) is 2.59. The van der Waals surface area contributed by atoms with E-state index in [9.17, 15) is 0 Å². The number of aryl methyl sites for hydroxylation is 2. The summed E-state index contributed by atoms with van der Waals surface area (Å²) in [5.74, 6) is 0.842. The van der Waals surface area contributed by atoms with E-state index in [0.29, 0.717) is 6.04 Å². The standard InChI is InChI=1S/C16H28N2S/c1-5-7-17-10-15-6-8-18(11-15)13(3)16-9-12(2)19-14(16)4/h9,13,15,17H,5-8,10-11H2,1-4H3. The number of nitrogens with zero attached hydrogens (tertiary/aromatic N) is 1. The molecular weight excluding hydrogens is 252 g/mol. The molecular formula is C16H28N2S. The van der Waals surface area contributed by atoms with Gasteiger partial charge in [-0.3, -0.25) is 4.90 Å². The Morgan fingerprint density at radius 1 is 1.47 bits per heavy atom. The summed E-state index contributed by atoms with van der Waals surface area (Å²) in [4.78, 5) is 5.60. The Hall–Kier alpha value is -0.380. The molecule has 0 spiro atoms. The van der Waals surface area contributed by atoms with Crippen molar-refractivity contribution in [3.8, 4) is 0 Å². The van der Waals surface area contributed by atoms with Gasteiger partial charge < -0.3 is 5.32 Å². The lowest BCUT2D eigenvalue weighted by molar-refractivity contribution is 0.251. The van der Waals surface area contributed by atoms with Crippen molar-refractivity contribution in [3.05, 3.63) is 21.4 Å². The van der Waals surface area contributed by atoms with Gasteiger partial charge in [0, 0.05) is 22.3 Å². The third-order valence-electron chi connectivity index (χ3n) is 4.25. The van der Waals surface area contributed by atoms with Crippen molar-refractivity contribution >= 4 is 11.3 Å². The lowest BCUT2D eigenvalue weighted by atomic mass is 10.1. The second-order valence-electron chi connectivity index (χ2n) is 5.90. The highest BCUT2D eigenvalue weighted by atomic mass is 32.1. The monoisotopic (exact) mass is 280 g/mol. The highest BCUT2D eigenvalue weighted by molar-refractivity contribution is 7.12. The maximum Gasteiger partial charge on any atom is 0.0331 e.